The lowest BCUT2D eigenvalue weighted by atomic mass is 9.79. The van der Waals surface area contributed by atoms with E-state index in [9.17, 15) is 25.1 Å². The predicted octanol–water partition coefficient (Wildman–Crippen LogP) is 2.69. The number of ketones is 1. The third kappa shape index (κ3) is 2.83. The highest BCUT2D eigenvalue weighted by molar-refractivity contribution is 6.19. The molecule has 1 saturated heterocycles. The molecule has 1 aliphatic carbocycles. The van der Waals surface area contributed by atoms with E-state index in [1.165, 1.54) is 12.1 Å². The van der Waals surface area contributed by atoms with E-state index in [1.807, 2.05) is 30.3 Å². The van der Waals surface area contributed by atoms with E-state index in [2.05, 4.69) is 5.32 Å². The van der Waals surface area contributed by atoms with E-state index in [0.29, 0.717) is 17.6 Å². The Balaban J connectivity index is 1.74. The number of Topliss-reactive ketones (excluding diaryl/α,β-unsaturated/α-hetero) is 1. The van der Waals surface area contributed by atoms with Gasteiger partial charge in [-0.05, 0) is 35.3 Å². The monoisotopic (exact) mass is 372 g/mol. The van der Waals surface area contributed by atoms with E-state index in [1.54, 1.807) is 18.2 Å². The van der Waals surface area contributed by atoms with Gasteiger partial charge in [-0.25, -0.2) is 0 Å². The molecule has 1 fully saturated rings. The van der Waals surface area contributed by atoms with Crippen LogP contribution in [-0.4, -0.2) is 27.9 Å². The summed E-state index contributed by atoms with van der Waals surface area (Å²) in [6, 6.07) is 13.0. The zero-order chi connectivity index (χ0) is 19.8. The first-order chi connectivity index (χ1) is 13.5. The van der Waals surface area contributed by atoms with Crippen molar-refractivity contribution in [3.8, 4) is 28.7 Å². The Kier molecular flexibility index (Phi) is 4.21. The Morgan fingerprint density at radius 3 is 2.43 bits per heavy atom. The van der Waals surface area contributed by atoms with Crippen molar-refractivity contribution in [1.29, 1.82) is 5.26 Å². The third-order valence-electron chi connectivity index (χ3n) is 5.03. The molecule has 2 atom stereocenters. The highest BCUT2D eigenvalue weighted by Crippen LogP contribution is 2.36. The van der Waals surface area contributed by atoms with Crippen LogP contribution in [0.5, 0.6) is 11.5 Å². The van der Waals surface area contributed by atoms with Gasteiger partial charge in [-0.15, -0.1) is 0 Å². The first kappa shape index (κ1) is 17.6. The Morgan fingerprint density at radius 1 is 1.04 bits per heavy atom. The van der Waals surface area contributed by atoms with Gasteiger partial charge in [-0.2, -0.15) is 5.26 Å². The van der Waals surface area contributed by atoms with Gasteiger partial charge in [0.1, 0.15) is 11.5 Å². The lowest BCUT2D eigenvalue weighted by Crippen LogP contribution is -2.50. The van der Waals surface area contributed by atoms with Gasteiger partial charge in [-0.1, -0.05) is 36.4 Å². The fourth-order valence-corrected chi connectivity index (χ4v) is 3.66. The highest BCUT2D eigenvalue weighted by Gasteiger charge is 2.40. The van der Waals surface area contributed by atoms with Crippen LogP contribution in [0.15, 0.2) is 60.2 Å². The molecule has 6 heteroatoms. The summed E-state index contributed by atoms with van der Waals surface area (Å²) in [5, 5.41) is 31.4. The second-order valence-corrected chi connectivity index (χ2v) is 6.72. The number of hydrogen-bond donors (Lipinski definition) is 3. The van der Waals surface area contributed by atoms with E-state index >= 15 is 0 Å². The van der Waals surface area contributed by atoms with Gasteiger partial charge < -0.3 is 15.5 Å². The summed E-state index contributed by atoms with van der Waals surface area (Å²) in [5.41, 5.74) is 3.38. The number of carbonyl (C=O) groups is 2. The SMILES string of the molecule is N#CC1C(=O)NC2C=CCC(c3ccc(-c4ccc(O)cc4O)cc3)=C2C1=O. The summed E-state index contributed by atoms with van der Waals surface area (Å²) in [4.78, 5) is 24.7. The highest BCUT2D eigenvalue weighted by atomic mass is 16.3. The second kappa shape index (κ2) is 6.71. The van der Waals surface area contributed by atoms with Crippen LogP contribution in [0, 0.1) is 17.2 Å². The smallest absolute Gasteiger partial charge is 0.246 e. The van der Waals surface area contributed by atoms with Crippen LogP contribution in [0.2, 0.25) is 0 Å². The first-order valence-corrected chi connectivity index (χ1v) is 8.76. The number of aromatic hydroxyl groups is 2. The maximum Gasteiger partial charge on any atom is 0.246 e. The standard InChI is InChI=1S/C22H16N2O4/c23-11-17-21(27)20-16(2-1-3-18(20)24-22(17)28)13-6-4-12(5-7-13)15-9-8-14(25)10-19(15)26/h1,3-10,17-18,25-26H,2H2,(H,24,28). The average molecular weight is 372 g/mol. The molecule has 1 heterocycles. The van der Waals surface area contributed by atoms with Gasteiger partial charge in [0.2, 0.25) is 5.91 Å². The molecule has 2 unspecified atom stereocenters. The number of hydrogen-bond acceptors (Lipinski definition) is 5. The minimum absolute atomic E-state index is 0.0187. The number of allylic oxidation sites excluding steroid dienone is 2. The molecule has 0 aromatic heterocycles. The van der Waals surface area contributed by atoms with Crippen LogP contribution >= 0.6 is 0 Å². The molecule has 1 amide bonds. The molecule has 6 nitrogen and oxygen atoms in total. The molecule has 3 N–H and O–H groups in total. The number of nitrogens with one attached hydrogen (secondary N) is 1. The summed E-state index contributed by atoms with van der Waals surface area (Å²) < 4.78 is 0. The summed E-state index contributed by atoms with van der Waals surface area (Å²) in [6.45, 7) is 0. The topological polar surface area (TPSA) is 110 Å². The lowest BCUT2D eigenvalue weighted by Gasteiger charge is -2.30. The van der Waals surface area contributed by atoms with Crippen LogP contribution < -0.4 is 5.32 Å². The van der Waals surface area contributed by atoms with E-state index in [0.717, 1.165) is 16.7 Å². The number of piperidine rings is 1. The maximum absolute atomic E-state index is 12.7. The Morgan fingerprint density at radius 2 is 1.75 bits per heavy atom. The fraction of sp³-hybridized carbons (Fsp3) is 0.136. The minimum atomic E-state index is -1.32. The molecule has 0 radical (unpaired) electrons. The molecule has 4 rings (SSSR count). The number of nitrogens with zero attached hydrogens (tertiary/aromatic N) is 1. The summed E-state index contributed by atoms with van der Waals surface area (Å²) in [5.74, 6) is -2.38. The van der Waals surface area contributed by atoms with Gasteiger partial charge in [0.15, 0.2) is 11.7 Å². The van der Waals surface area contributed by atoms with Crippen molar-refractivity contribution in [2.75, 3.05) is 0 Å². The molecule has 0 spiro atoms. The molecule has 0 bridgehead atoms. The van der Waals surface area contributed by atoms with Gasteiger partial charge >= 0.3 is 0 Å². The van der Waals surface area contributed by atoms with Crippen molar-refractivity contribution in [3.63, 3.8) is 0 Å². The first-order valence-electron chi connectivity index (χ1n) is 8.76. The molecule has 2 aromatic rings. The van der Waals surface area contributed by atoms with Crippen molar-refractivity contribution in [1.82, 2.24) is 5.32 Å². The number of carbonyl (C=O) groups excluding carboxylic acids is 2. The zero-order valence-corrected chi connectivity index (χ0v) is 14.7. The van der Waals surface area contributed by atoms with E-state index in [4.69, 9.17) is 0 Å². The minimum Gasteiger partial charge on any atom is -0.508 e. The molecular weight excluding hydrogens is 356 g/mol. The quantitative estimate of drug-likeness (QED) is 0.554. The van der Waals surface area contributed by atoms with Crippen molar-refractivity contribution in [3.05, 3.63) is 65.8 Å². The largest absolute Gasteiger partial charge is 0.508 e. The summed E-state index contributed by atoms with van der Waals surface area (Å²) >= 11 is 0. The Labute approximate surface area is 161 Å². The second-order valence-electron chi connectivity index (χ2n) is 6.72. The van der Waals surface area contributed by atoms with Crippen LogP contribution in [0.1, 0.15) is 12.0 Å². The van der Waals surface area contributed by atoms with E-state index in [-0.39, 0.29) is 11.5 Å². The third-order valence-corrected chi connectivity index (χ3v) is 5.03. The molecule has 0 saturated carbocycles. The predicted molar refractivity (Wildman–Crippen MR) is 102 cm³/mol. The molecule has 1 aliphatic heterocycles. The van der Waals surface area contributed by atoms with Crippen molar-refractivity contribution in [2.24, 2.45) is 5.92 Å². The number of phenols is 2. The number of benzene rings is 2. The Hall–Kier alpha value is -3.85. The van der Waals surface area contributed by atoms with Crippen LogP contribution in [-0.2, 0) is 9.59 Å². The van der Waals surface area contributed by atoms with Gasteiger partial charge in [0.05, 0.1) is 12.1 Å². The van der Waals surface area contributed by atoms with Crippen molar-refractivity contribution < 1.29 is 19.8 Å². The number of nitriles is 1. The maximum atomic E-state index is 12.7. The van der Waals surface area contributed by atoms with Gasteiger partial charge in [0.25, 0.3) is 0 Å². The number of phenolic OH excluding ortho intramolecular Hbond substituents is 2. The Bertz CT molecular complexity index is 1090. The molecule has 138 valence electrons. The van der Waals surface area contributed by atoms with Crippen LogP contribution in [0.3, 0.4) is 0 Å². The molecule has 2 aliphatic rings. The van der Waals surface area contributed by atoms with Crippen LogP contribution in [0.25, 0.3) is 16.7 Å². The lowest BCUT2D eigenvalue weighted by molar-refractivity contribution is -0.132. The fourth-order valence-electron chi connectivity index (χ4n) is 3.66. The van der Waals surface area contributed by atoms with Crippen LogP contribution in [0.4, 0.5) is 0 Å². The number of fused-ring (bicyclic) bond motifs is 1. The van der Waals surface area contributed by atoms with Crippen molar-refractivity contribution in [2.45, 2.75) is 12.5 Å². The van der Waals surface area contributed by atoms with Gasteiger partial charge in [-0.3, -0.25) is 9.59 Å². The molecular formula is C22H16N2O4. The van der Waals surface area contributed by atoms with Gasteiger partial charge in [0, 0.05) is 17.2 Å². The van der Waals surface area contributed by atoms with Crippen molar-refractivity contribution >= 4 is 17.3 Å². The number of amides is 1. The summed E-state index contributed by atoms with van der Waals surface area (Å²) in [7, 11) is 0. The molecule has 28 heavy (non-hydrogen) atoms. The van der Waals surface area contributed by atoms with E-state index < -0.39 is 23.7 Å². The summed E-state index contributed by atoms with van der Waals surface area (Å²) in [6.07, 6.45) is 4.18. The average Bonchev–Trinajstić information content (AvgIpc) is 2.68. The zero-order valence-electron chi connectivity index (χ0n) is 14.7. The normalized spacial score (nSPS) is 21.1. The number of rotatable bonds is 2. The molecule has 2 aromatic carbocycles.